The van der Waals surface area contributed by atoms with Crippen molar-refractivity contribution in [1.82, 2.24) is 5.32 Å². The van der Waals surface area contributed by atoms with Gasteiger partial charge in [-0.15, -0.1) is 0 Å². The minimum Gasteiger partial charge on any atom is -0.396 e. The second-order valence-corrected chi connectivity index (χ2v) is 2.66. The van der Waals surface area contributed by atoms with Crippen LogP contribution in [0.5, 0.6) is 0 Å². The summed E-state index contributed by atoms with van der Waals surface area (Å²) >= 11 is 0. The Morgan fingerprint density at radius 3 is 2.67 bits per heavy atom. The highest BCUT2D eigenvalue weighted by Gasteiger charge is 1.99. The summed E-state index contributed by atoms with van der Waals surface area (Å²) in [6.07, 6.45) is 3.36. The summed E-state index contributed by atoms with van der Waals surface area (Å²) in [5, 5.41) is 11.2. The molecule has 0 unspecified atom stereocenters. The van der Waals surface area contributed by atoms with E-state index < -0.39 is 0 Å². The molecule has 0 saturated carbocycles. The fourth-order valence-corrected chi connectivity index (χ4v) is 0.709. The molecule has 0 spiro atoms. The molecule has 0 saturated heterocycles. The van der Waals surface area contributed by atoms with Crippen LogP contribution in [0, 0.1) is 0 Å². The molecule has 70 valence electrons. The van der Waals surface area contributed by atoms with E-state index in [1.807, 2.05) is 6.92 Å². The Balaban J connectivity index is 3.45. The highest BCUT2D eigenvalue weighted by molar-refractivity contribution is 5.92. The highest BCUT2D eigenvalue weighted by Crippen LogP contribution is 1.91. The van der Waals surface area contributed by atoms with Crippen molar-refractivity contribution >= 4 is 5.91 Å². The summed E-state index contributed by atoms with van der Waals surface area (Å²) in [5.74, 6) is -0.0181. The Hall–Kier alpha value is -0.830. The molecule has 3 heteroatoms. The smallest absolute Gasteiger partial charge is 0.246 e. The van der Waals surface area contributed by atoms with Crippen molar-refractivity contribution in [3.63, 3.8) is 0 Å². The minimum absolute atomic E-state index is 0.0181. The molecule has 0 aliphatic heterocycles. The summed E-state index contributed by atoms with van der Waals surface area (Å²) in [6.45, 7) is 4.45. The van der Waals surface area contributed by atoms with Crippen LogP contribution in [0.25, 0.3) is 0 Å². The molecule has 0 aliphatic carbocycles. The topological polar surface area (TPSA) is 49.3 Å². The van der Waals surface area contributed by atoms with E-state index in [1.165, 1.54) is 0 Å². The summed E-state index contributed by atoms with van der Waals surface area (Å²) < 4.78 is 0. The summed E-state index contributed by atoms with van der Waals surface area (Å²) in [5.41, 5.74) is 0.735. The van der Waals surface area contributed by atoms with Crippen LogP contribution in [0.2, 0.25) is 0 Å². The van der Waals surface area contributed by atoms with Gasteiger partial charge in [0.25, 0.3) is 0 Å². The largest absolute Gasteiger partial charge is 0.396 e. The molecule has 2 N–H and O–H groups in total. The first-order chi connectivity index (χ1) is 5.72. The number of aliphatic hydroxyl groups is 1. The van der Waals surface area contributed by atoms with Crippen LogP contribution in [0.15, 0.2) is 11.6 Å². The van der Waals surface area contributed by atoms with Crippen LogP contribution in [-0.2, 0) is 4.79 Å². The van der Waals surface area contributed by atoms with Crippen LogP contribution < -0.4 is 5.32 Å². The SMILES string of the molecule is CC=C(C)C(=O)NCCCCO. The van der Waals surface area contributed by atoms with Gasteiger partial charge in [-0.05, 0) is 26.7 Å². The maximum Gasteiger partial charge on any atom is 0.246 e. The number of hydrogen-bond donors (Lipinski definition) is 2. The molecule has 0 aromatic heterocycles. The maximum atomic E-state index is 11.1. The fraction of sp³-hybridized carbons (Fsp3) is 0.667. The van der Waals surface area contributed by atoms with E-state index in [4.69, 9.17) is 5.11 Å². The number of allylic oxidation sites excluding steroid dienone is 1. The zero-order chi connectivity index (χ0) is 9.40. The van der Waals surface area contributed by atoms with Gasteiger partial charge >= 0.3 is 0 Å². The van der Waals surface area contributed by atoms with E-state index in [-0.39, 0.29) is 12.5 Å². The number of carbonyl (C=O) groups excluding carboxylic acids is 1. The average Bonchev–Trinajstić information content (AvgIpc) is 2.10. The van der Waals surface area contributed by atoms with Crippen LogP contribution in [0.1, 0.15) is 26.7 Å². The number of hydrogen-bond acceptors (Lipinski definition) is 2. The lowest BCUT2D eigenvalue weighted by Gasteiger charge is -2.03. The molecule has 0 atom stereocenters. The predicted molar refractivity (Wildman–Crippen MR) is 48.8 cm³/mol. The zero-order valence-corrected chi connectivity index (χ0v) is 7.76. The van der Waals surface area contributed by atoms with E-state index in [0.29, 0.717) is 6.54 Å². The first kappa shape index (κ1) is 11.2. The van der Waals surface area contributed by atoms with E-state index in [2.05, 4.69) is 5.32 Å². The van der Waals surface area contributed by atoms with Crippen molar-refractivity contribution in [2.24, 2.45) is 0 Å². The van der Waals surface area contributed by atoms with Gasteiger partial charge in [-0.25, -0.2) is 0 Å². The van der Waals surface area contributed by atoms with Crippen molar-refractivity contribution in [2.75, 3.05) is 13.2 Å². The minimum atomic E-state index is -0.0181. The molecule has 0 heterocycles. The molecule has 1 amide bonds. The number of aliphatic hydroxyl groups excluding tert-OH is 1. The summed E-state index contributed by atoms with van der Waals surface area (Å²) in [6, 6.07) is 0. The molecule has 3 nitrogen and oxygen atoms in total. The third-order valence-corrected chi connectivity index (χ3v) is 1.66. The van der Waals surface area contributed by atoms with E-state index in [1.54, 1.807) is 13.0 Å². The average molecular weight is 171 g/mol. The van der Waals surface area contributed by atoms with Crippen molar-refractivity contribution < 1.29 is 9.90 Å². The molecule has 0 radical (unpaired) electrons. The fourth-order valence-electron chi connectivity index (χ4n) is 0.709. The van der Waals surface area contributed by atoms with Gasteiger partial charge in [-0.3, -0.25) is 4.79 Å². The lowest BCUT2D eigenvalue weighted by Crippen LogP contribution is -2.25. The van der Waals surface area contributed by atoms with Crippen LogP contribution in [0.3, 0.4) is 0 Å². The van der Waals surface area contributed by atoms with E-state index >= 15 is 0 Å². The van der Waals surface area contributed by atoms with E-state index in [0.717, 1.165) is 18.4 Å². The Bertz CT molecular complexity index is 164. The number of carbonyl (C=O) groups is 1. The molecule has 12 heavy (non-hydrogen) atoms. The van der Waals surface area contributed by atoms with Crippen LogP contribution >= 0.6 is 0 Å². The van der Waals surface area contributed by atoms with Gasteiger partial charge in [0.2, 0.25) is 5.91 Å². The summed E-state index contributed by atoms with van der Waals surface area (Å²) in [7, 11) is 0. The van der Waals surface area contributed by atoms with Gasteiger partial charge in [0, 0.05) is 18.7 Å². The first-order valence-corrected chi connectivity index (χ1v) is 4.24. The van der Waals surface area contributed by atoms with Gasteiger partial charge in [-0.2, -0.15) is 0 Å². The summed E-state index contributed by atoms with van der Waals surface area (Å²) in [4.78, 5) is 11.1. The monoisotopic (exact) mass is 171 g/mol. The van der Waals surface area contributed by atoms with Gasteiger partial charge in [-0.1, -0.05) is 6.08 Å². The Labute approximate surface area is 73.5 Å². The Morgan fingerprint density at radius 1 is 1.50 bits per heavy atom. The molecular formula is C9H17NO2. The van der Waals surface area contributed by atoms with Crippen LogP contribution in [0.4, 0.5) is 0 Å². The molecule has 0 rings (SSSR count). The van der Waals surface area contributed by atoms with Crippen molar-refractivity contribution in [3.05, 3.63) is 11.6 Å². The number of unbranched alkanes of at least 4 members (excludes halogenated alkanes) is 1. The maximum absolute atomic E-state index is 11.1. The first-order valence-electron chi connectivity index (χ1n) is 4.24. The normalized spacial score (nSPS) is 11.4. The zero-order valence-electron chi connectivity index (χ0n) is 7.76. The predicted octanol–water partition coefficient (Wildman–Crippen LogP) is 0.841. The van der Waals surface area contributed by atoms with Gasteiger partial charge in [0.05, 0.1) is 0 Å². The van der Waals surface area contributed by atoms with Crippen molar-refractivity contribution in [2.45, 2.75) is 26.7 Å². The number of rotatable bonds is 5. The lowest BCUT2D eigenvalue weighted by molar-refractivity contribution is -0.117. The highest BCUT2D eigenvalue weighted by atomic mass is 16.2. The molecule has 0 aliphatic rings. The molecule has 0 fully saturated rings. The third-order valence-electron chi connectivity index (χ3n) is 1.66. The Morgan fingerprint density at radius 2 is 2.17 bits per heavy atom. The second kappa shape index (κ2) is 6.85. The van der Waals surface area contributed by atoms with Gasteiger partial charge in [0.1, 0.15) is 0 Å². The number of amides is 1. The van der Waals surface area contributed by atoms with Gasteiger partial charge < -0.3 is 10.4 Å². The van der Waals surface area contributed by atoms with Gasteiger partial charge in [0.15, 0.2) is 0 Å². The van der Waals surface area contributed by atoms with E-state index in [9.17, 15) is 4.79 Å². The molecule has 0 bridgehead atoms. The third kappa shape index (κ3) is 4.91. The molecular weight excluding hydrogens is 154 g/mol. The number of nitrogens with one attached hydrogen (secondary N) is 1. The van der Waals surface area contributed by atoms with Crippen LogP contribution in [-0.4, -0.2) is 24.2 Å². The van der Waals surface area contributed by atoms with Crippen molar-refractivity contribution in [1.29, 1.82) is 0 Å². The molecule has 0 aromatic rings. The standard InChI is InChI=1S/C9H17NO2/c1-3-8(2)9(12)10-6-4-5-7-11/h3,11H,4-7H2,1-2H3,(H,10,12). The molecule has 0 aromatic carbocycles. The quantitative estimate of drug-likeness (QED) is 0.475. The Kier molecular flexibility index (Phi) is 6.38. The van der Waals surface area contributed by atoms with Crippen molar-refractivity contribution in [3.8, 4) is 0 Å². The lowest BCUT2D eigenvalue weighted by atomic mass is 10.2. The second-order valence-electron chi connectivity index (χ2n) is 2.66.